The van der Waals surface area contributed by atoms with Crippen molar-refractivity contribution in [2.75, 3.05) is 7.11 Å². The van der Waals surface area contributed by atoms with Crippen LogP contribution in [0.25, 0.3) is 11.0 Å². The zero-order valence-corrected chi connectivity index (χ0v) is 11.1. The van der Waals surface area contributed by atoms with E-state index in [1.807, 2.05) is 13.0 Å². The lowest BCUT2D eigenvalue weighted by molar-refractivity contribution is 0.0603. The topological polar surface area (TPSA) is 85.7 Å². The highest BCUT2D eigenvalue weighted by atomic mass is 16.5. The molecular formula is C13H13N5O2. The number of esters is 1. The molecule has 7 heteroatoms. The quantitative estimate of drug-likeness (QED) is 0.730. The minimum atomic E-state index is -0.401. The maximum absolute atomic E-state index is 11.7. The molecule has 3 aromatic rings. The molecule has 3 rings (SSSR count). The predicted molar refractivity (Wildman–Crippen MR) is 71.3 cm³/mol. The lowest BCUT2D eigenvalue weighted by Crippen LogP contribution is -2.08. The fourth-order valence-electron chi connectivity index (χ4n) is 2.07. The van der Waals surface area contributed by atoms with Gasteiger partial charge in [-0.3, -0.25) is 0 Å². The van der Waals surface area contributed by atoms with Crippen LogP contribution in [0.5, 0.6) is 0 Å². The van der Waals surface area contributed by atoms with Crippen molar-refractivity contribution in [2.45, 2.75) is 13.0 Å². The summed E-state index contributed by atoms with van der Waals surface area (Å²) < 4.78 is 6.46. The average Bonchev–Trinajstić information content (AvgIpc) is 3.13. The van der Waals surface area contributed by atoms with Crippen LogP contribution >= 0.6 is 0 Å². The number of carbonyl (C=O) groups is 1. The summed E-state index contributed by atoms with van der Waals surface area (Å²) >= 11 is 0. The molecule has 0 aliphatic carbocycles. The lowest BCUT2D eigenvalue weighted by atomic mass is 10.2. The molecule has 20 heavy (non-hydrogen) atoms. The van der Waals surface area contributed by atoms with E-state index in [9.17, 15) is 4.79 Å². The summed E-state index contributed by atoms with van der Waals surface area (Å²) in [5.41, 5.74) is 1.83. The van der Waals surface area contributed by atoms with Gasteiger partial charge in [-0.25, -0.2) is 19.4 Å². The monoisotopic (exact) mass is 271 g/mol. The number of rotatable bonds is 3. The molecule has 102 valence electrons. The van der Waals surface area contributed by atoms with Gasteiger partial charge in [0.15, 0.2) is 0 Å². The predicted octanol–water partition coefficient (Wildman–Crippen LogP) is 1.55. The van der Waals surface area contributed by atoms with Gasteiger partial charge in [0.2, 0.25) is 0 Å². The molecule has 0 spiro atoms. The maximum Gasteiger partial charge on any atom is 0.340 e. The van der Waals surface area contributed by atoms with Gasteiger partial charge < -0.3 is 9.72 Å². The largest absolute Gasteiger partial charge is 0.465 e. The van der Waals surface area contributed by atoms with Gasteiger partial charge in [0, 0.05) is 0 Å². The minimum absolute atomic E-state index is 0.101. The van der Waals surface area contributed by atoms with Crippen molar-refractivity contribution in [3.05, 3.63) is 42.2 Å². The van der Waals surface area contributed by atoms with Crippen LogP contribution in [-0.2, 0) is 4.74 Å². The number of carbonyl (C=O) groups excluding carboxylic acids is 1. The molecule has 2 aromatic heterocycles. The van der Waals surface area contributed by atoms with Gasteiger partial charge in [-0.2, -0.15) is 5.10 Å². The number of fused-ring (bicyclic) bond motifs is 1. The molecule has 1 unspecified atom stereocenters. The van der Waals surface area contributed by atoms with Crippen LogP contribution < -0.4 is 0 Å². The molecule has 0 fully saturated rings. The fraction of sp³-hybridized carbons (Fsp3) is 0.231. The zero-order valence-electron chi connectivity index (χ0n) is 11.1. The molecule has 1 aromatic carbocycles. The van der Waals surface area contributed by atoms with E-state index in [0.29, 0.717) is 16.9 Å². The molecule has 0 aliphatic heterocycles. The van der Waals surface area contributed by atoms with Gasteiger partial charge in [-0.1, -0.05) is 6.07 Å². The summed E-state index contributed by atoms with van der Waals surface area (Å²) in [6, 6.07) is 5.25. The Bertz CT molecular complexity index is 747. The lowest BCUT2D eigenvalue weighted by Gasteiger charge is -2.07. The molecule has 0 saturated carbocycles. The van der Waals surface area contributed by atoms with E-state index in [4.69, 9.17) is 4.74 Å². The fourth-order valence-corrected chi connectivity index (χ4v) is 2.07. The summed E-state index contributed by atoms with van der Waals surface area (Å²) in [5.74, 6) is 0.309. The van der Waals surface area contributed by atoms with E-state index in [0.717, 1.165) is 5.52 Å². The number of para-hydroxylation sites is 1. The molecule has 0 aliphatic rings. The molecule has 0 amide bonds. The highest BCUT2D eigenvalue weighted by Gasteiger charge is 2.17. The Labute approximate surface area is 114 Å². The first-order chi connectivity index (χ1) is 9.70. The van der Waals surface area contributed by atoms with E-state index in [-0.39, 0.29) is 6.04 Å². The Morgan fingerprint density at radius 2 is 2.30 bits per heavy atom. The number of aromatic amines is 1. The van der Waals surface area contributed by atoms with Crippen LogP contribution in [0.1, 0.15) is 29.1 Å². The Hall–Kier alpha value is -2.70. The van der Waals surface area contributed by atoms with Crippen LogP contribution in [0, 0.1) is 0 Å². The summed E-state index contributed by atoms with van der Waals surface area (Å²) in [4.78, 5) is 23.3. The molecule has 2 heterocycles. The second-order valence-electron chi connectivity index (χ2n) is 4.37. The number of methoxy groups -OCH3 is 1. The van der Waals surface area contributed by atoms with E-state index in [2.05, 4.69) is 20.1 Å². The second kappa shape index (κ2) is 4.76. The first-order valence-corrected chi connectivity index (χ1v) is 6.11. The van der Waals surface area contributed by atoms with E-state index in [1.165, 1.54) is 13.4 Å². The molecule has 7 nitrogen and oxygen atoms in total. The standard InChI is InChI=1S/C13H13N5O2/c1-8(18-7-14-6-15-18)12-16-10-5-3-4-9(11(10)17-12)13(19)20-2/h3-8H,1-2H3,(H,16,17). The van der Waals surface area contributed by atoms with E-state index >= 15 is 0 Å². The SMILES string of the molecule is COC(=O)c1cccc2[nH]c(C(C)n3cncn3)nc12. The van der Waals surface area contributed by atoms with Crippen molar-refractivity contribution >= 4 is 17.0 Å². The zero-order chi connectivity index (χ0) is 14.1. The second-order valence-corrected chi connectivity index (χ2v) is 4.37. The summed E-state index contributed by atoms with van der Waals surface area (Å²) in [5, 5.41) is 4.09. The van der Waals surface area contributed by atoms with Crippen LogP contribution in [-0.4, -0.2) is 37.8 Å². The number of hydrogen-bond donors (Lipinski definition) is 1. The van der Waals surface area contributed by atoms with Gasteiger partial charge >= 0.3 is 5.97 Å². The van der Waals surface area contributed by atoms with Crippen molar-refractivity contribution in [1.29, 1.82) is 0 Å². The summed E-state index contributed by atoms with van der Waals surface area (Å²) in [6.45, 7) is 1.95. The highest BCUT2D eigenvalue weighted by Crippen LogP contribution is 2.21. The highest BCUT2D eigenvalue weighted by molar-refractivity contribution is 6.01. The third kappa shape index (κ3) is 1.93. The number of hydrogen-bond acceptors (Lipinski definition) is 5. The molecule has 0 saturated heterocycles. The molecule has 0 bridgehead atoms. The number of aromatic nitrogens is 5. The van der Waals surface area contributed by atoms with Gasteiger partial charge in [0.25, 0.3) is 0 Å². The molecule has 0 radical (unpaired) electrons. The van der Waals surface area contributed by atoms with E-state index < -0.39 is 5.97 Å². The Morgan fingerprint density at radius 3 is 3.00 bits per heavy atom. The van der Waals surface area contributed by atoms with Crippen molar-refractivity contribution in [3.63, 3.8) is 0 Å². The molecule has 1 N–H and O–H groups in total. The number of nitrogens with one attached hydrogen (secondary N) is 1. The van der Waals surface area contributed by atoms with Crippen molar-refractivity contribution in [3.8, 4) is 0 Å². The minimum Gasteiger partial charge on any atom is -0.465 e. The smallest absolute Gasteiger partial charge is 0.340 e. The van der Waals surface area contributed by atoms with Crippen molar-refractivity contribution in [1.82, 2.24) is 24.7 Å². The van der Waals surface area contributed by atoms with Crippen LogP contribution in [0.3, 0.4) is 0 Å². The number of imidazole rings is 1. The van der Waals surface area contributed by atoms with E-state index in [1.54, 1.807) is 23.1 Å². The summed E-state index contributed by atoms with van der Waals surface area (Å²) in [6.07, 6.45) is 3.10. The number of nitrogens with zero attached hydrogens (tertiary/aromatic N) is 4. The first kappa shape index (κ1) is 12.3. The Kier molecular flexibility index (Phi) is 2.94. The van der Waals surface area contributed by atoms with Crippen LogP contribution in [0.2, 0.25) is 0 Å². The average molecular weight is 271 g/mol. The normalized spacial score (nSPS) is 12.5. The first-order valence-electron chi connectivity index (χ1n) is 6.11. The summed E-state index contributed by atoms with van der Waals surface area (Å²) in [7, 11) is 1.35. The van der Waals surface area contributed by atoms with Gasteiger partial charge in [-0.05, 0) is 19.1 Å². The Balaban J connectivity index is 2.09. The Morgan fingerprint density at radius 1 is 1.45 bits per heavy atom. The van der Waals surface area contributed by atoms with Gasteiger partial charge in [-0.15, -0.1) is 0 Å². The van der Waals surface area contributed by atoms with Crippen LogP contribution in [0.4, 0.5) is 0 Å². The molecule has 1 atom stereocenters. The number of benzene rings is 1. The van der Waals surface area contributed by atoms with Crippen molar-refractivity contribution in [2.24, 2.45) is 0 Å². The molecular weight excluding hydrogens is 258 g/mol. The van der Waals surface area contributed by atoms with Gasteiger partial charge in [0.1, 0.15) is 30.0 Å². The number of ether oxygens (including phenoxy) is 1. The van der Waals surface area contributed by atoms with Gasteiger partial charge in [0.05, 0.1) is 18.2 Å². The van der Waals surface area contributed by atoms with Crippen LogP contribution in [0.15, 0.2) is 30.9 Å². The third-order valence-corrected chi connectivity index (χ3v) is 3.17. The third-order valence-electron chi connectivity index (χ3n) is 3.17. The number of H-pyrrole nitrogens is 1. The maximum atomic E-state index is 11.7. The van der Waals surface area contributed by atoms with Crippen molar-refractivity contribution < 1.29 is 9.53 Å².